The summed E-state index contributed by atoms with van der Waals surface area (Å²) in [7, 11) is 0. The van der Waals surface area contributed by atoms with Crippen molar-refractivity contribution in [3.05, 3.63) is 58.8 Å². The fourth-order valence-electron chi connectivity index (χ4n) is 3.58. The number of pyridine rings is 1. The molecule has 7 nitrogen and oxygen atoms in total. The standard InChI is InChI=1S/C20H18N2O5/c23-18(21-9-10-27-12-17(21)20(25)26)11-22-15-7-3-1-5-13(15)19(24)14-6-2-4-8-16(14)22/h1-8,17H,9-12H2,(H,25,26). The number of aromatic nitrogens is 1. The van der Waals surface area contributed by atoms with Crippen molar-refractivity contribution in [1.82, 2.24) is 9.47 Å². The van der Waals surface area contributed by atoms with Gasteiger partial charge in [-0.25, -0.2) is 4.79 Å². The average Bonchev–Trinajstić information content (AvgIpc) is 2.71. The van der Waals surface area contributed by atoms with Crippen LogP contribution in [0.1, 0.15) is 0 Å². The van der Waals surface area contributed by atoms with E-state index in [1.807, 2.05) is 12.1 Å². The Morgan fingerprint density at radius 2 is 1.63 bits per heavy atom. The number of ether oxygens (including phenoxy) is 1. The van der Waals surface area contributed by atoms with Crippen LogP contribution in [0, 0.1) is 0 Å². The Balaban J connectivity index is 1.83. The van der Waals surface area contributed by atoms with Gasteiger partial charge in [-0.2, -0.15) is 0 Å². The molecule has 0 spiro atoms. The molecule has 1 amide bonds. The van der Waals surface area contributed by atoms with Crippen LogP contribution in [0.3, 0.4) is 0 Å². The Kier molecular flexibility index (Phi) is 4.37. The number of carbonyl (C=O) groups is 2. The number of fused-ring (bicyclic) bond motifs is 2. The molecule has 27 heavy (non-hydrogen) atoms. The number of hydrogen-bond acceptors (Lipinski definition) is 4. The molecule has 2 aromatic carbocycles. The summed E-state index contributed by atoms with van der Waals surface area (Å²) in [6, 6.07) is 13.3. The van der Waals surface area contributed by atoms with Crippen molar-refractivity contribution in [2.24, 2.45) is 0 Å². The van der Waals surface area contributed by atoms with E-state index in [-0.39, 0.29) is 31.0 Å². The summed E-state index contributed by atoms with van der Waals surface area (Å²) in [6.45, 7) is 0.463. The fraction of sp³-hybridized carbons (Fsp3) is 0.250. The minimum atomic E-state index is -1.09. The van der Waals surface area contributed by atoms with Crippen LogP contribution in [-0.2, 0) is 20.9 Å². The number of hydrogen-bond donors (Lipinski definition) is 1. The van der Waals surface area contributed by atoms with E-state index in [0.29, 0.717) is 28.4 Å². The molecule has 0 bridgehead atoms. The minimum absolute atomic E-state index is 0.0211. The van der Waals surface area contributed by atoms with Crippen LogP contribution in [0.25, 0.3) is 21.8 Å². The highest BCUT2D eigenvalue weighted by molar-refractivity contribution is 5.95. The third-order valence-corrected chi connectivity index (χ3v) is 4.91. The Bertz CT molecular complexity index is 1040. The van der Waals surface area contributed by atoms with Crippen molar-refractivity contribution in [3.63, 3.8) is 0 Å². The number of morpholine rings is 1. The summed E-state index contributed by atoms with van der Waals surface area (Å²) in [5.41, 5.74) is 1.21. The highest BCUT2D eigenvalue weighted by atomic mass is 16.5. The smallest absolute Gasteiger partial charge is 0.328 e. The van der Waals surface area contributed by atoms with Crippen LogP contribution < -0.4 is 5.43 Å². The zero-order valence-corrected chi connectivity index (χ0v) is 14.5. The van der Waals surface area contributed by atoms with Gasteiger partial charge in [-0.3, -0.25) is 9.59 Å². The molecule has 1 N–H and O–H groups in total. The molecular formula is C20H18N2O5. The Labute approximate surface area is 154 Å². The number of carboxylic acid groups (broad SMARTS) is 1. The van der Waals surface area contributed by atoms with E-state index in [4.69, 9.17) is 4.74 Å². The Morgan fingerprint density at radius 1 is 1.04 bits per heavy atom. The molecule has 7 heteroatoms. The van der Waals surface area contributed by atoms with E-state index >= 15 is 0 Å². The zero-order valence-electron chi connectivity index (χ0n) is 14.5. The molecule has 0 radical (unpaired) electrons. The van der Waals surface area contributed by atoms with E-state index < -0.39 is 12.0 Å². The van der Waals surface area contributed by atoms with Crippen molar-refractivity contribution in [3.8, 4) is 0 Å². The van der Waals surface area contributed by atoms with Gasteiger partial charge >= 0.3 is 5.97 Å². The van der Waals surface area contributed by atoms with Crippen molar-refractivity contribution in [1.29, 1.82) is 0 Å². The van der Waals surface area contributed by atoms with Gasteiger partial charge < -0.3 is 19.3 Å². The first kappa shape index (κ1) is 17.2. The number of rotatable bonds is 3. The maximum atomic E-state index is 13.0. The predicted octanol–water partition coefficient (Wildman–Crippen LogP) is 1.47. The fourth-order valence-corrected chi connectivity index (χ4v) is 3.58. The summed E-state index contributed by atoms with van der Waals surface area (Å²) in [4.78, 5) is 38.5. The van der Waals surface area contributed by atoms with Gasteiger partial charge in [0, 0.05) is 17.3 Å². The summed E-state index contributed by atoms with van der Waals surface area (Å²) < 4.78 is 6.99. The van der Waals surface area contributed by atoms with E-state index in [1.165, 1.54) is 4.90 Å². The molecule has 138 valence electrons. The lowest BCUT2D eigenvalue weighted by atomic mass is 10.1. The van der Waals surface area contributed by atoms with Gasteiger partial charge in [0.05, 0.1) is 24.2 Å². The van der Waals surface area contributed by atoms with Crippen molar-refractivity contribution >= 4 is 33.7 Å². The van der Waals surface area contributed by atoms with Crippen LogP contribution in [0.2, 0.25) is 0 Å². The largest absolute Gasteiger partial charge is 0.480 e. The van der Waals surface area contributed by atoms with E-state index in [1.54, 1.807) is 41.0 Å². The van der Waals surface area contributed by atoms with Gasteiger partial charge in [0.15, 0.2) is 11.5 Å². The molecule has 1 saturated heterocycles. The summed E-state index contributed by atoms with van der Waals surface area (Å²) in [6.07, 6.45) is 0. The summed E-state index contributed by atoms with van der Waals surface area (Å²) in [5.74, 6) is -1.40. The normalized spacial score (nSPS) is 17.3. The summed E-state index contributed by atoms with van der Waals surface area (Å²) >= 11 is 0. The number of amides is 1. The first-order valence-corrected chi connectivity index (χ1v) is 8.68. The second-order valence-corrected chi connectivity index (χ2v) is 6.47. The molecule has 1 fully saturated rings. The zero-order chi connectivity index (χ0) is 19.0. The molecule has 2 heterocycles. The average molecular weight is 366 g/mol. The van der Waals surface area contributed by atoms with Gasteiger partial charge in [0.2, 0.25) is 5.91 Å². The minimum Gasteiger partial charge on any atom is -0.480 e. The van der Waals surface area contributed by atoms with Gasteiger partial charge in [-0.05, 0) is 24.3 Å². The maximum absolute atomic E-state index is 13.0. The lowest BCUT2D eigenvalue weighted by molar-refractivity contribution is -0.158. The van der Waals surface area contributed by atoms with Crippen LogP contribution in [0.15, 0.2) is 53.3 Å². The number of carboxylic acids is 1. The highest BCUT2D eigenvalue weighted by Crippen LogP contribution is 2.20. The molecule has 4 rings (SSSR count). The van der Waals surface area contributed by atoms with Crippen molar-refractivity contribution in [2.75, 3.05) is 19.8 Å². The third kappa shape index (κ3) is 2.96. The molecule has 1 aliphatic heterocycles. The van der Waals surface area contributed by atoms with Gasteiger partial charge in [0.25, 0.3) is 0 Å². The SMILES string of the molecule is O=C(O)C1COCCN1C(=O)Cn1c2ccccc2c(=O)c2ccccc21. The van der Waals surface area contributed by atoms with Crippen LogP contribution in [0.4, 0.5) is 0 Å². The second kappa shape index (κ2) is 6.85. The van der Waals surface area contributed by atoms with Crippen LogP contribution in [-0.4, -0.2) is 52.3 Å². The molecule has 1 unspecified atom stereocenters. The van der Waals surface area contributed by atoms with E-state index in [2.05, 4.69) is 0 Å². The molecular weight excluding hydrogens is 348 g/mol. The monoisotopic (exact) mass is 366 g/mol. The Morgan fingerprint density at radius 3 is 2.22 bits per heavy atom. The predicted molar refractivity (Wildman–Crippen MR) is 99.7 cm³/mol. The molecule has 0 saturated carbocycles. The number of carbonyl (C=O) groups excluding carboxylic acids is 1. The second-order valence-electron chi connectivity index (χ2n) is 6.47. The van der Waals surface area contributed by atoms with Gasteiger partial charge in [-0.1, -0.05) is 24.3 Å². The van der Waals surface area contributed by atoms with Crippen LogP contribution in [0.5, 0.6) is 0 Å². The molecule has 3 aromatic rings. The van der Waals surface area contributed by atoms with E-state index in [0.717, 1.165) is 0 Å². The molecule has 1 atom stereocenters. The third-order valence-electron chi connectivity index (χ3n) is 4.91. The maximum Gasteiger partial charge on any atom is 0.328 e. The number of para-hydroxylation sites is 2. The quantitative estimate of drug-likeness (QED) is 0.709. The van der Waals surface area contributed by atoms with Crippen molar-refractivity contribution in [2.45, 2.75) is 12.6 Å². The van der Waals surface area contributed by atoms with Gasteiger partial charge in [0.1, 0.15) is 6.54 Å². The number of nitrogens with zero attached hydrogens (tertiary/aromatic N) is 2. The van der Waals surface area contributed by atoms with E-state index in [9.17, 15) is 19.5 Å². The van der Waals surface area contributed by atoms with Gasteiger partial charge in [-0.15, -0.1) is 0 Å². The van der Waals surface area contributed by atoms with Crippen molar-refractivity contribution < 1.29 is 19.4 Å². The summed E-state index contributed by atoms with van der Waals surface area (Å²) in [5, 5.41) is 10.4. The first-order valence-electron chi connectivity index (χ1n) is 8.68. The highest BCUT2D eigenvalue weighted by Gasteiger charge is 2.32. The lowest BCUT2D eigenvalue weighted by Gasteiger charge is -2.33. The number of aliphatic carboxylic acids is 1. The molecule has 0 aliphatic carbocycles. The first-order chi connectivity index (χ1) is 13.1. The number of benzene rings is 2. The molecule has 1 aliphatic rings. The lowest BCUT2D eigenvalue weighted by Crippen LogP contribution is -2.53. The Hall–Kier alpha value is -3.19. The topological polar surface area (TPSA) is 88.8 Å². The molecule has 1 aromatic heterocycles. The van der Waals surface area contributed by atoms with Crippen LogP contribution >= 0.6 is 0 Å².